The van der Waals surface area contributed by atoms with Crippen molar-refractivity contribution in [2.24, 2.45) is 0 Å². The van der Waals surface area contributed by atoms with E-state index in [1.54, 1.807) is 0 Å². The summed E-state index contributed by atoms with van der Waals surface area (Å²) in [4.78, 5) is 5.49. The van der Waals surface area contributed by atoms with Crippen LogP contribution >= 0.6 is 0 Å². The van der Waals surface area contributed by atoms with Gasteiger partial charge in [0.15, 0.2) is 0 Å². The van der Waals surface area contributed by atoms with Gasteiger partial charge in [0.05, 0.1) is 0 Å². The van der Waals surface area contributed by atoms with Crippen LogP contribution < -0.4 is 59.5 Å². The van der Waals surface area contributed by atoms with Crippen molar-refractivity contribution in [3.63, 3.8) is 0 Å². The second kappa shape index (κ2) is 17.7. The summed E-state index contributed by atoms with van der Waals surface area (Å²) in [6, 6.07) is -0.0584. The number of rotatable bonds is 9. The van der Waals surface area contributed by atoms with Crippen LogP contribution in [0.15, 0.2) is 54.7 Å². The Hall–Kier alpha value is -2.91. The Labute approximate surface area is 354 Å². The van der Waals surface area contributed by atoms with E-state index in [1.807, 2.05) is 0 Å². The van der Waals surface area contributed by atoms with Gasteiger partial charge in [0.25, 0.3) is 0 Å². The Balaban J connectivity index is 2.94. The molecule has 2 nitrogen and oxygen atoms in total. The molecule has 1 aliphatic rings. The Morgan fingerprint density at radius 1 is 0.600 bits per heavy atom. The molecule has 0 spiro atoms. The first kappa shape index (κ1) is 46.5. The zero-order chi connectivity index (χ0) is 42.3. The molecule has 1 aliphatic heterocycles. The fourth-order valence-corrected chi connectivity index (χ4v) is 8.95. The van der Waals surface area contributed by atoms with Crippen molar-refractivity contribution in [3.05, 3.63) is 60.3 Å². The molecule has 2 aromatic rings. The van der Waals surface area contributed by atoms with Crippen LogP contribution in [0.25, 0.3) is 0 Å². The molecule has 252 valence electrons. The number of benzene rings is 2. The van der Waals surface area contributed by atoms with Gasteiger partial charge in [0, 0.05) is 0 Å². The molecule has 0 saturated carbocycles. The number of hydrogen-bond acceptors (Lipinski definition) is 2. The van der Waals surface area contributed by atoms with Crippen LogP contribution in [0.3, 0.4) is 0 Å². The Morgan fingerprint density at radius 3 is 1.44 bits per heavy atom. The number of terminal acetylenes is 2. The van der Waals surface area contributed by atoms with Gasteiger partial charge in [-0.25, -0.2) is 0 Å². The van der Waals surface area contributed by atoms with Gasteiger partial charge in [0.2, 0.25) is 0 Å². The Morgan fingerprint density at radius 2 is 1.02 bits per heavy atom. The third kappa shape index (κ3) is 8.00. The third-order valence-corrected chi connectivity index (χ3v) is 14.5. The molecule has 2 atom stereocenters. The van der Waals surface area contributed by atoms with Crippen LogP contribution in [0.5, 0.6) is 0 Å². The molecule has 0 amide bonds. The zero-order valence-electron chi connectivity index (χ0n) is 38.7. The van der Waals surface area contributed by atoms with Gasteiger partial charge in [0.1, 0.15) is 0 Å². The van der Waals surface area contributed by atoms with Gasteiger partial charge >= 0.3 is 357 Å². The predicted molar refractivity (Wildman–Crippen MR) is 310 cm³/mol. The van der Waals surface area contributed by atoms with Gasteiger partial charge in [-0.3, -0.25) is 0 Å². The molecule has 2 unspecified atom stereocenters. The average molecular weight is 691 g/mol. The van der Waals surface area contributed by atoms with E-state index in [9.17, 15) is 0 Å². The molecular formula is C32H51B21N2. The van der Waals surface area contributed by atoms with E-state index in [-0.39, 0.29) is 6.04 Å². The van der Waals surface area contributed by atoms with Crippen LogP contribution in [0, 0.1) is 24.7 Å². The molecule has 1 heterocycles. The van der Waals surface area contributed by atoms with Crippen LogP contribution in [0.1, 0.15) is 18.9 Å². The van der Waals surface area contributed by atoms with E-state index >= 15 is 0 Å². The van der Waals surface area contributed by atoms with Crippen molar-refractivity contribution in [1.82, 2.24) is 4.90 Å². The summed E-state index contributed by atoms with van der Waals surface area (Å²) < 4.78 is 0. The van der Waals surface area contributed by atoms with Crippen molar-refractivity contribution in [2.45, 2.75) is 25.0 Å². The van der Waals surface area contributed by atoms with Crippen molar-refractivity contribution >= 4 is 230 Å². The molecule has 1 fully saturated rings. The Kier molecular flexibility index (Phi) is 15.0. The fourth-order valence-electron chi connectivity index (χ4n) is 8.95. The first-order chi connectivity index (χ1) is 25.4. The molecule has 55 heavy (non-hydrogen) atoms. The van der Waals surface area contributed by atoms with E-state index in [1.165, 1.54) is 104 Å². The minimum absolute atomic E-state index is 0.0584. The molecule has 0 radical (unpaired) electrons. The first-order valence-electron chi connectivity index (χ1n) is 20.1. The van der Waals surface area contributed by atoms with Crippen LogP contribution in [0.2, 0.25) is 0 Å². The van der Waals surface area contributed by atoms with Gasteiger partial charge in [-0.05, 0) is 0 Å². The molecule has 0 N–H and O–H groups in total. The van der Waals surface area contributed by atoms with Crippen LogP contribution in [-0.4, -0.2) is 187 Å². The van der Waals surface area contributed by atoms with Crippen molar-refractivity contribution in [1.29, 1.82) is 0 Å². The summed E-state index contributed by atoms with van der Waals surface area (Å²) in [5.74, 6) is 5.98. The minimum atomic E-state index is -0.699. The maximum atomic E-state index is 6.27. The molecular weight excluding hydrogens is 639 g/mol. The maximum absolute atomic E-state index is 6.27. The van der Waals surface area contributed by atoms with E-state index in [0.29, 0.717) is 0 Å². The molecule has 0 bridgehead atoms. The second-order valence-corrected chi connectivity index (χ2v) is 17.0. The first-order valence-corrected chi connectivity index (χ1v) is 20.1. The van der Waals surface area contributed by atoms with Crippen LogP contribution in [-0.2, 0) is 5.66 Å². The van der Waals surface area contributed by atoms with Gasteiger partial charge < -0.3 is 0 Å². The summed E-state index contributed by atoms with van der Waals surface area (Å²) in [6.45, 7) is 2.95. The second-order valence-electron chi connectivity index (χ2n) is 17.0. The predicted octanol–water partition coefficient (Wildman–Crippen LogP) is -22.3. The molecule has 0 aliphatic carbocycles. The summed E-state index contributed by atoms with van der Waals surface area (Å²) in [5.41, 5.74) is 28.2. The number of hydrogen-bond donors (Lipinski definition) is 0. The normalized spacial score (nSPS) is 19.2. The van der Waals surface area contributed by atoms with E-state index < -0.39 is 5.66 Å². The number of nitrogens with zero attached hydrogens (tertiary/aromatic N) is 2. The standard InChI is InChI=1S/C32H51B21N2/c1-4-9(34)15(38)12-7-54(30-27(50)25(48)24(47)26(49)28(30)51)32(6-11(36)17(40)16(39)10(35)5-2,13-18(41)21(44)23(46)22(45)19(13)42)55(12)31(53)29(52)20(43)14(37)8(3)33/h1-2,12,53H,6-7,33-52H2,3H3/b14-8-,15-9-,16-10-,17-11-,29-20-. The van der Waals surface area contributed by atoms with Crippen molar-refractivity contribution in [2.75, 3.05) is 11.4 Å². The SMILES string of the molecule is B=C(/C(B)=C(B)\C(B)=C(\B)C)N1C(/C(B)=C(/B)C#C)CN(c2c(B)c(B)c(B)c(B)c2B)C1(C/C(B)=C(B)\C(B)=C(\B)C#C)c1c(B)c(B)c(B)c(B)c1B. The van der Waals surface area contributed by atoms with E-state index in [2.05, 4.69) is 185 Å². The van der Waals surface area contributed by atoms with Gasteiger partial charge in [-0.15, -0.1) is 0 Å². The van der Waals surface area contributed by atoms with E-state index in [4.69, 9.17) is 20.3 Å². The topological polar surface area (TPSA) is 6.48 Å². The number of allylic oxidation sites excluding steroid dienone is 7. The summed E-state index contributed by atoms with van der Waals surface area (Å²) >= 11 is 0. The fraction of sp³-hybridized carbons (Fsp3) is 0.156. The van der Waals surface area contributed by atoms with Crippen LogP contribution in [0.4, 0.5) is 5.69 Å². The molecule has 3 rings (SSSR count). The quantitative estimate of drug-likeness (QED) is 0.147. The molecule has 23 heteroatoms. The summed E-state index contributed by atoms with van der Waals surface area (Å²) in [5, 5.41) is 0. The summed E-state index contributed by atoms with van der Waals surface area (Å²) in [7, 11) is 50.3. The van der Waals surface area contributed by atoms with Gasteiger partial charge in [-0.2, -0.15) is 0 Å². The zero-order valence-corrected chi connectivity index (χ0v) is 38.7. The molecule has 0 aromatic heterocycles. The molecule has 1 saturated heterocycles. The van der Waals surface area contributed by atoms with Gasteiger partial charge in [-0.1, -0.05) is 0 Å². The monoisotopic (exact) mass is 695 g/mol. The van der Waals surface area contributed by atoms with E-state index in [0.717, 1.165) is 35.0 Å². The number of anilines is 1. The third-order valence-electron chi connectivity index (χ3n) is 14.5. The Bertz CT molecular complexity index is 2190. The van der Waals surface area contributed by atoms with Crippen molar-refractivity contribution in [3.8, 4) is 24.7 Å². The average Bonchev–Trinajstić information content (AvgIpc) is 3.48. The summed E-state index contributed by atoms with van der Waals surface area (Å²) in [6.07, 6.45) is 13.0. The van der Waals surface area contributed by atoms with Crippen molar-refractivity contribution < 1.29 is 0 Å². The molecule has 2 aromatic carbocycles.